The Morgan fingerprint density at radius 3 is 2.34 bits per heavy atom. The first-order chi connectivity index (χ1) is 16.7. The van der Waals surface area contributed by atoms with Crippen LogP contribution in [0.25, 0.3) is 11.0 Å². The van der Waals surface area contributed by atoms with Crippen LogP contribution in [0.2, 0.25) is 0 Å². The van der Waals surface area contributed by atoms with E-state index in [0.717, 1.165) is 17.8 Å². The van der Waals surface area contributed by atoms with Crippen molar-refractivity contribution in [2.24, 2.45) is 0 Å². The summed E-state index contributed by atoms with van der Waals surface area (Å²) in [5.74, 6) is 0.315. The zero-order chi connectivity index (χ0) is 25.6. The Kier molecular flexibility index (Phi) is 7.90. The molecule has 182 valence electrons. The van der Waals surface area contributed by atoms with E-state index in [2.05, 4.69) is 24.9 Å². The molecule has 0 radical (unpaired) electrons. The van der Waals surface area contributed by atoms with Gasteiger partial charge in [0.15, 0.2) is 5.65 Å². The molecule has 8 nitrogen and oxygen atoms in total. The van der Waals surface area contributed by atoms with Crippen LogP contribution < -0.4 is 5.73 Å². The van der Waals surface area contributed by atoms with Crippen molar-refractivity contribution in [2.75, 3.05) is 5.73 Å². The monoisotopic (exact) mass is 483 g/mol. The number of aromatic nitrogens is 5. The summed E-state index contributed by atoms with van der Waals surface area (Å²) in [5.41, 5.74) is 6.66. The molecule has 0 aliphatic rings. The van der Waals surface area contributed by atoms with E-state index in [0.29, 0.717) is 22.7 Å². The molecule has 1 amide bonds. The molecule has 2 N–H and O–H groups in total. The van der Waals surface area contributed by atoms with Gasteiger partial charge in [-0.2, -0.15) is 13.2 Å². The van der Waals surface area contributed by atoms with Gasteiger partial charge in [-0.05, 0) is 42.8 Å². The molecule has 0 unspecified atom stereocenters. The molecule has 35 heavy (non-hydrogen) atoms. The first kappa shape index (κ1) is 25.5. The molecule has 11 heteroatoms. The number of nitrogen functional groups attached to an aromatic ring is 1. The van der Waals surface area contributed by atoms with E-state index >= 15 is 0 Å². The van der Waals surface area contributed by atoms with Crippen LogP contribution in [0, 0.1) is 6.92 Å². The third kappa shape index (κ3) is 6.25. The Bertz CT molecular complexity index is 1300. The van der Waals surface area contributed by atoms with Gasteiger partial charge in [-0.1, -0.05) is 13.8 Å². The summed E-state index contributed by atoms with van der Waals surface area (Å²) in [6.45, 7) is 5.78. The van der Waals surface area contributed by atoms with Crippen molar-refractivity contribution in [3.8, 4) is 0 Å². The van der Waals surface area contributed by atoms with Crippen molar-refractivity contribution in [3.63, 3.8) is 0 Å². The number of aryl methyl sites for hydroxylation is 1. The molecule has 0 bridgehead atoms. The predicted molar refractivity (Wildman–Crippen MR) is 125 cm³/mol. The number of hydrogen-bond acceptors (Lipinski definition) is 7. The lowest BCUT2D eigenvalue weighted by molar-refractivity contribution is -0.137. The maximum absolute atomic E-state index is 13.4. The topological polar surface area (TPSA) is 111 Å². The molecular weight excluding hydrogens is 459 g/mol. The molecule has 0 atom stereocenters. The van der Waals surface area contributed by atoms with Gasteiger partial charge < -0.3 is 10.6 Å². The minimum Gasteiger partial charge on any atom is -0.383 e. The summed E-state index contributed by atoms with van der Waals surface area (Å²) >= 11 is 0. The molecule has 0 spiro atoms. The van der Waals surface area contributed by atoms with Crippen LogP contribution in [0.15, 0.2) is 55.1 Å². The molecular formula is C24H24F3N7O. The fourth-order valence-electron chi connectivity index (χ4n) is 3.15. The molecule has 0 saturated heterocycles. The van der Waals surface area contributed by atoms with Gasteiger partial charge >= 0.3 is 6.18 Å². The smallest absolute Gasteiger partial charge is 0.383 e. The fraction of sp³-hybridized carbons (Fsp3) is 0.250. The van der Waals surface area contributed by atoms with Crippen LogP contribution in [0.4, 0.5) is 19.0 Å². The largest absolute Gasteiger partial charge is 0.417 e. The second-order valence-corrected chi connectivity index (χ2v) is 7.32. The van der Waals surface area contributed by atoms with Crippen LogP contribution in [-0.4, -0.2) is 35.7 Å². The van der Waals surface area contributed by atoms with Gasteiger partial charge in [0.25, 0.3) is 5.91 Å². The lowest BCUT2D eigenvalue weighted by Crippen LogP contribution is -2.31. The van der Waals surface area contributed by atoms with E-state index in [1.165, 1.54) is 29.6 Å². The standard InChI is InChI=1S/C22H18F3N7O.C2H6/c1-13-7-14-8-15(9-30-20(14)31-19(13)26)21(33)32(12-18-27-5-2-6-28-18)11-17-4-3-16(10-29-17)22(23,24)25;1-2/h2-10H,11-12H2,1H3,(H2,26,30,31);1-2H3. The Labute approximate surface area is 200 Å². The van der Waals surface area contributed by atoms with Crippen molar-refractivity contribution in [1.82, 2.24) is 29.8 Å². The Morgan fingerprint density at radius 1 is 1.00 bits per heavy atom. The van der Waals surface area contributed by atoms with E-state index in [-0.39, 0.29) is 24.3 Å². The number of fused-ring (bicyclic) bond motifs is 1. The second-order valence-electron chi connectivity index (χ2n) is 7.32. The average molecular weight is 483 g/mol. The minimum atomic E-state index is -4.49. The Hall–Kier alpha value is -4.15. The summed E-state index contributed by atoms with van der Waals surface area (Å²) in [6.07, 6.45) is 0.708. The maximum Gasteiger partial charge on any atom is 0.417 e. The molecule has 4 aromatic heterocycles. The molecule has 4 aromatic rings. The van der Waals surface area contributed by atoms with E-state index in [9.17, 15) is 18.0 Å². The predicted octanol–water partition coefficient (Wildman–Crippen LogP) is 4.59. The Morgan fingerprint density at radius 2 is 1.71 bits per heavy atom. The lowest BCUT2D eigenvalue weighted by Gasteiger charge is -2.22. The van der Waals surface area contributed by atoms with Gasteiger partial charge in [-0.25, -0.2) is 19.9 Å². The summed E-state index contributed by atoms with van der Waals surface area (Å²) in [6, 6.07) is 7.23. The molecule has 0 aromatic carbocycles. The van der Waals surface area contributed by atoms with Crippen LogP contribution in [0.5, 0.6) is 0 Å². The number of anilines is 1. The van der Waals surface area contributed by atoms with Gasteiger partial charge in [-0.15, -0.1) is 0 Å². The molecule has 4 rings (SSSR count). The number of carbonyl (C=O) groups is 1. The number of hydrogen-bond donors (Lipinski definition) is 1. The molecule has 0 aliphatic heterocycles. The lowest BCUT2D eigenvalue weighted by atomic mass is 10.1. The first-order valence-electron chi connectivity index (χ1n) is 10.8. The number of alkyl halides is 3. The van der Waals surface area contributed by atoms with Crippen LogP contribution >= 0.6 is 0 Å². The van der Waals surface area contributed by atoms with Gasteiger partial charge in [0.2, 0.25) is 0 Å². The normalized spacial score (nSPS) is 11.0. The number of carbonyl (C=O) groups excluding carboxylic acids is 1. The van der Waals surface area contributed by atoms with Crippen LogP contribution in [0.1, 0.15) is 46.9 Å². The number of halogens is 3. The zero-order valence-electron chi connectivity index (χ0n) is 19.4. The quantitative estimate of drug-likeness (QED) is 0.442. The van der Waals surface area contributed by atoms with E-state index in [1.807, 2.05) is 13.8 Å². The van der Waals surface area contributed by atoms with Gasteiger partial charge in [0.05, 0.1) is 29.9 Å². The molecule has 0 fully saturated rings. The van der Waals surface area contributed by atoms with E-state index in [4.69, 9.17) is 5.73 Å². The number of nitrogens with zero attached hydrogens (tertiary/aromatic N) is 6. The average Bonchev–Trinajstić information content (AvgIpc) is 2.85. The summed E-state index contributed by atoms with van der Waals surface area (Å²) < 4.78 is 38.6. The van der Waals surface area contributed by atoms with Gasteiger partial charge in [-0.3, -0.25) is 9.78 Å². The SMILES string of the molecule is CC.Cc1cc2cc(C(=O)N(Cc3ccc(C(F)(F)F)cn3)Cc3ncccn3)cnc2nc1N. The number of rotatable bonds is 5. The first-order valence-corrected chi connectivity index (χ1v) is 10.8. The fourth-order valence-corrected chi connectivity index (χ4v) is 3.15. The summed E-state index contributed by atoms with van der Waals surface area (Å²) in [7, 11) is 0. The zero-order valence-corrected chi connectivity index (χ0v) is 19.4. The van der Waals surface area contributed by atoms with Crippen LogP contribution in [0.3, 0.4) is 0 Å². The highest BCUT2D eigenvalue weighted by Crippen LogP contribution is 2.28. The highest BCUT2D eigenvalue weighted by molar-refractivity contribution is 5.97. The maximum atomic E-state index is 13.4. The Balaban J connectivity index is 0.00000167. The van der Waals surface area contributed by atoms with Crippen molar-refractivity contribution in [2.45, 2.75) is 40.0 Å². The molecule has 4 heterocycles. The highest BCUT2D eigenvalue weighted by atomic mass is 19.4. The van der Waals surface area contributed by atoms with E-state index < -0.39 is 17.6 Å². The van der Waals surface area contributed by atoms with E-state index in [1.54, 1.807) is 25.1 Å². The van der Waals surface area contributed by atoms with Gasteiger partial charge in [0, 0.05) is 30.2 Å². The minimum absolute atomic E-state index is 0.0272. The highest BCUT2D eigenvalue weighted by Gasteiger charge is 2.30. The van der Waals surface area contributed by atoms with Gasteiger partial charge in [0.1, 0.15) is 11.6 Å². The summed E-state index contributed by atoms with van der Waals surface area (Å²) in [4.78, 5) is 35.3. The number of pyridine rings is 3. The third-order valence-electron chi connectivity index (χ3n) is 4.89. The second kappa shape index (κ2) is 10.9. The van der Waals surface area contributed by atoms with Crippen molar-refractivity contribution in [3.05, 3.63) is 83.3 Å². The third-order valence-corrected chi connectivity index (χ3v) is 4.89. The van der Waals surface area contributed by atoms with Crippen LogP contribution in [-0.2, 0) is 19.3 Å². The molecule has 0 saturated carbocycles. The van der Waals surface area contributed by atoms with Crippen molar-refractivity contribution >= 4 is 22.8 Å². The van der Waals surface area contributed by atoms with Crippen molar-refractivity contribution < 1.29 is 18.0 Å². The number of amides is 1. The number of nitrogens with two attached hydrogens (primary N) is 1. The summed E-state index contributed by atoms with van der Waals surface area (Å²) in [5, 5.41) is 0.635. The van der Waals surface area contributed by atoms with Crippen molar-refractivity contribution in [1.29, 1.82) is 0 Å². The molecule has 0 aliphatic carbocycles.